The number of methoxy groups -OCH3 is 1. The van der Waals surface area contributed by atoms with E-state index in [1.165, 1.54) is 37.4 Å². The van der Waals surface area contributed by atoms with Crippen LogP contribution in [0.1, 0.15) is 27.6 Å². The maximum Gasteiger partial charge on any atom is 0.261 e. The van der Waals surface area contributed by atoms with Gasteiger partial charge in [0.15, 0.2) is 0 Å². The topological polar surface area (TPSA) is 105 Å². The van der Waals surface area contributed by atoms with Crippen LogP contribution in [0.3, 0.4) is 0 Å². The molecule has 7 nitrogen and oxygen atoms in total. The molecule has 0 aliphatic heterocycles. The van der Waals surface area contributed by atoms with Crippen LogP contribution in [0, 0.1) is 18.6 Å². The summed E-state index contributed by atoms with van der Waals surface area (Å²) in [7, 11) is -2.50. The van der Waals surface area contributed by atoms with Crippen LogP contribution in [0.4, 0.5) is 14.5 Å². The highest BCUT2D eigenvalue weighted by Crippen LogP contribution is 2.22. The molecule has 0 aromatic heterocycles. The van der Waals surface area contributed by atoms with Crippen LogP contribution in [0.2, 0.25) is 0 Å². The highest BCUT2D eigenvalue weighted by molar-refractivity contribution is 7.92. The smallest absolute Gasteiger partial charge is 0.261 e. The number of carbonyl (C=O) groups is 1. The summed E-state index contributed by atoms with van der Waals surface area (Å²) in [5.41, 5.74) is 0.706. The van der Waals surface area contributed by atoms with Crippen molar-refractivity contribution in [3.63, 3.8) is 0 Å². The molecule has 3 N–H and O–H groups in total. The van der Waals surface area contributed by atoms with Gasteiger partial charge < -0.3 is 15.2 Å². The fourth-order valence-electron chi connectivity index (χ4n) is 3.05. The molecule has 0 aliphatic carbocycles. The molecular formula is C23H22F2N2O5S. The average Bonchev–Trinajstić information content (AvgIpc) is 2.77. The number of nitrogens with one attached hydrogen (secondary N) is 2. The lowest BCUT2D eigenvalue weighted by Gasteiger charge is -2.15. The Labute approximate surface area is 190 Å². The Morgan fingerprint density at radius 1 is 1.06 bits per heavy atom. The molecule has 3 rings (SSSR count). The van der Waals surface area contributed by atoms with Crippen LogP contribution in [0.15, 0.2) is 65.6 Å². The van der Waals surface area contributed by atoms with Gasteiger partial charge in [0, 0.05) is 29.4 Å². The maximum atomic E-state index is 13.8. The summed E-state index contributed by atoms with van der Waals surface area (Å²) in [5, 5.41) is 12.6. The molecule has 10 heteroatoms. The molecule has 3 aromatic rings. The van der Waals surface area contributed by atoms with Crippen LogP contribution in [-0.2, 0) is 10.0 Å². The zero-order valence-electron chi connectivity index (χ0n) is 17.8. The fraction of sp³-hybridized carbons (Fsp3) is 0.174. The van der Waals surface area contributed by atoms with E-state index in [-0.39, 0.29) is 22.6 Å². The second-order valence-electron chi connectivity index (χ2n) is 7.20. The Hall–Kier alpha value is -3.50. The van der Waals surface area contributed by atoms with E-state index in [4.69, 9.17) is 4.74 Å². The number of aliphatic hydroxyl groups excluding tert-OH is 1. The van der Waals surface area contributed by atoms with Crippen LogP contribution in [0.25, 0.3) is 0 Å². The number of amides is 1. The molecule has 0 radical (unpaired) electrons. The van der Waals surface area contributed by atoms with Gasteiger partial charge in [0.05, 0.1) is 18.1 Å². The number of hydrogen-bond donors (Lipinski definition) is 3. The standard InChI is InChI=1S/C23H22F2N2O5S/c1-14-3-9-18(33(30,31)27-16-5-7-17(32-2)8-6-16)12-20(14)23(29)26-13-22(28)19-10-4-15(24)11-21(19)25/h3-12,22,27-28H,13H2,1-2H3,(H,26,29). The number of halogens is 2. The lowest BCUT2D eigenvalue weighted by atomic mass is 10.1. The molecule has 1 amide bonds. The second-order valence-corrected chi connectivity index (χ2v) is 8.88. The second kappa shape index (κ2) is 9.97. The number of benzene rings is 3. The van der Waals surface area contributed by atoms with E-state index in [1.54, 1.807) is 19.1 Å². The van der Waals surface area contributed by atoms with Gasteiger partial charge in [0.25, 0.3) is 15.9 Å². The first-order chi connectivity index (χ1) is 15.6. The summed E-state index contributed by atoms with van der Waals surface area (Å²) >= 11 is 0. The third-order valence-electron chi connectivity index (χ3n) is 4.88. The van der Waals surface area contributed by atoms with Crippen molar-refractivity contribution in [2.75, 3.05) is 18.4 Å². The number of anilines is 1. The van der Waals surface area contributed by atoms with Crippen LogP contribution < -0.4 is 14.8 Å². The predicted molar refractivity (Wildman–Crippen MR) is 119 cm³/mol. The third-order valence-corrected chi connectivity index (χ3v) is 6.26. The number of ether oxygens (including phenoxy) is 1. The van der Waals surface area contributed by atoms with Crippen LogP contribution in [-0.4, -0.2) is 33.1 Å². The van der Waals surface area contributed by atoms with Gasteiger partial charge in [-0.3, -0.25) is 9.52 Å². The minimum atomic E-state index is -3.99. The van der Waals surface area contributed by atoms with Crippen molar-refractivity contribution in [2.24, 2.45) is 0 Å². The van der Waals surface area contributed by atoms with Crippen LogP contribution in [0.5, 0.6) is 5.75 Å². The Morgan fingerprint density at radius 2 is 1.76 bits per heavy atom. The molecular weight excluding hydrogens is 454 g/mol. The van der Waals surface area contributed by atoms with Crippen molar-refractivity contribution in [3.05, 3.63) is 89.0 Å². The number of aliphatic hydroxyl groups is 1. The molecule has 0 bridgehead atoms. The van der Waals surface area contributed by atoms with Crippen molar-refractivity contribution in [2.45, 2.75) is 17.9 Å². The Kier molecular flexibility index (Phi) is 7.29. The van der Waals surface area contributed by atoms with Gasteiger partial charge >= 0.3 is 0 Å². The number of sulfonamides is 1. The summed E-state index contributed by atoms with van der Waals surface area (Å²) in [6.45, 7) is 1.26. The molecule has 0 saturated carbocycles. The average molecular weight is 477 g/mol. The number of aryl methyl sites for hydroxylation is 1. The molecule has 174 valence electrons. The predicted octanol–water partition coefficient (Wildman–Crippen LogP) is 3.55. The Balaban J connectivity index is 1.74. The summed E-state index contributed by atoms with van der Waals surface area (Å²) in [6.07, 6.45) is -1.42. The number of carbonyl (C=O) groups excluding carboxylic acids is 1. The minimum absolute atomic E-state index is 0.0689. The first-order valence-electron chi connectivity index (χ1n) is 9.79. The zero-order valence-corrected chi connectivity index (χ0v) is 18.6. The number of rotatable bonds is 8. The van der Waals surface area contributed by atoms with Crippen molar-refractivity contribution >= 4 is 21.6 Å². The van der Waals surface area contributed by atoms with Gasteiger partial charge in [-0.1, -0.05) is 12.1 Å². The van der Waals surface area contributed by atoms with E-state index < -0.39 is 33.7 Å². The lowest BCUT2D eigenvalue weighted by Crippen LogP contribution is -2.29. The third kappa shape index (κ3) is 5.85. The van der Waals surface area contributed by atoms with Crippen molar-refractivity contribution in [1.82, 2.24) is 5.32 Å². The van der Waals surface area contributed by atoms with Crippen molar-refractivity contribution < 1.29 is 31.8 Å². The summed E-state index contributed by atoms with van der Waals surface area (Å²) in [4.78, 5) is 12.5. The van der Waals surface area contributed by atoms with Gasteiger partial charge in [-0.05, 0) is 55.0 Å². The Bertz CT molecular complexity index is 1260. The Morgan fingerprint density at radius 3 is 2.39 bits per heavy atom. The van der Waals surface area contributed by atoms with E-state index in [1.807, 2.05) is 0 Å². The van der Waals surface area contributed by atoms with Crippen LogP contribution >= 0.6 is 0 Å². The monoisotopic (exact) mass is 476 g/mol. The van der Waals surface area contributed by atoms with Gasteiger partial charge in [-0.15, -0.1) is 0 Å². The highest BCUT2D eigenvalue weighted by Gasteiger charge is 2.20. The molecule has 1 unspecified atom stereocenters. The molecule has 0 aliphatic rings. The van der Waals surface area contributed by atoms with Gasteiger partial charge in [0.1, 0.15) is 17.4 Å². The van der Waals surface area contributed by atoms with Gasteiger partial charge in [-0.2, -0.15) is 0 Å². The zero-order chi connectivity index (χ0) is 24.2. The van der Waals surface area contributed by atoms with Gasteiger partial charge in [0.2, 0.25) is 0 Å². The summed E-state index contributed by atoms with van der Waals surface area (Å²) in [6, 6.07) is 13.0. The fourth-order valence-corrected chi connectivity index (χ4v) is 4.14. The minimum Gasteiger partial charge on any atom is -0.497 e. The lowest BCUT2D eigenvalue weighted by molar-refractivity contribution is 0.0913. The molecule has 3 aromatic carbocycles. The molecule has 33 heavy (non-hydrogen) atoms. The van der Waals surface area contributed by atoms with E-state index in [0.717, 1.165) is 12.1 Å². The summed E-state index contributed by atoms with van der Waals surface area (Å²) < 4.78 is 59.9. The SMILES string of the molecule is COc1ccc(NS(=O)(=O)c2ccc(C)c(C(=O)NCC(O)c3ccc(F)cc3F)c2)cc1. The molecule has 0 saturated heterocycles. The van der Waals surface area contributed by atoms with Gasteiger partial charge in [-0.25, -0.2) is 17.2 Å². The van der Waals surface area contributed by atoms with Crippen molar-refractivity contribution in [3.8, 4) is 5.75 Å². The molecule has 0 spiro atoms. The van der Waals surface area contributed by atoms with E-state index in [2.05, 4.69) is 10.0 Å². The summed E-state index contributed by atoms with van der Waals surface area (Å²) in [5.74, 6) is -1.82. The maximum absolute atomic E-state index is 13.8. The largest absolute Gasteiger partial charge is 0.497 e. The molecule has 1 atom stereocenters. The molecule has 0 heterocycles. The normalized spacial score (nSPS) is 12.2. The number of hydrogen-bond acceptors (Lipinski definition) is 5. The molecule has 0 fully saturated rings. The van der Waals surface area contributed by atoms with Crippen molar-refractivity contribution in [1.29, 1.82) is 0 Å². The first kappa shape index (κ1) is 24.1. The quantitative estimate of drug-likeness (QED) is 0.461. The first-order valence-corrected chi connectivity index (χ1v) is 11.3. The highest BCUT2D eigenvalue weighted by atomic mass is 32.2. The van der Waals surface area contributed by atoms with E-state index in [0.29, 0.717) is 23.1 Å². The van der Waals surface area contributed by atoms with E-state index in [9.17, 15) is 27.1 Å². The van der Waals surface area contributed by atoms with E-state index >= 15 is 0 Å².